The molecule has 0 aliphatic heterocycles. The van der Waals surface area contributed by atoms with Gasteiger partial charge in [-0.3, -0.25) is 9.59 Å². The lowest BCUT2D eigenvalue weighted by Gasteiger charge is -2.18. The third-order valence-electron chi connectivity index (χ3n) is 5.81. The van der Waals surface area contributed by atoms with Crippen molar-refractivity contribution >= 4 is 68.3 Å². The molecule has 0 saturated heterocycles. The van der Waals surface area contributed by atoms with Gasteiger partial charge in [0.1, 0.15) is 5.25 Å². The van der Waals surface area contributed by atoms with Crippen molar-refractivity contribution in [3.63, 3.8) is 0 Å². The number of carbonyl (C=O) groups is 2. The number of carbonyl (C=O) groups excluding carboxylic acids is 2. The molecule has 0 aromatic heterocycles. The van der Waals surface area contributed by atoms with Gasteiger partial charge in [-0.25, -0.2) is 0 Å². The average Bonchev–Trinajstić information content (AvgIpc) is 2.93. The van der Waals surface area contributed by atoms with Crippen LogP contribution in [0.1, 0.15) is 21.2 Å². The Bertz CT molecular complexity index is 1560. The molecule has 0 aliphatic rings. The predicted molar refractivity (Wildman–Crippen MR) is 161 cm³/mol. The van der Waals surface area contributed by atoms with Crippen molar-refractivity contribution in [2.45, 2.75) is 10.1 Å². The van der Waals surface area contributed by atoms with Crippen molar-refractivity contribution in [1.82, 2.24) is 0 Å². The summed E-state index contributed by atoms with van der Waals surface area (Å²) in [6, 6.07) is 38.6. The molecule has 182 valence electrons. The second-order valence-electron chi connectivity index (χ2n) is 8.45. The normalized spacial score (nSPS) is 11.6. The van der Waals surface area contributed by atoms with Crippen LogP contribution in [0.2, 0.25) is 0 Å². The number of fused-ring (bicyclic) bond motifs is 1. The number of hydrogen-bond donors (Lipinski definition) is 2. The first-order valence-electron chi connectivity index (χ1n) is 11.7. The Kier molecular flexibility index (Phi) is 7.87. The summed E-state index contributed by atoms with van der Waals surface area (Å²) in [5, 5.41) is 7.68. The van der Waals surface area contributed by atoms with E-state index in [9.17, 15) is 9.59 Å². The van der Waals surface area contributed by atoms with Gasteiger partial charge in [0.25, 0.3) is 5.91 Å². The quantitative estimate of drug-likeness (QED) is 0.144. The van der Waals surface area contributed by atoms with Crippen LogP contribution < -0.4 is 10.6 Å². The molecule has 1 atom stereocenters. The third kappa shape index (κ3) is 6.39. The van der Waals surface area contributed by atoms with E-state index in [2.05, 4.69) is 33.2 Å². The van der Waals surface area contributed by atoms with Crippen molar-refractivity contribution in [3.05, 3.63) is 136 Å². The van der Waals surface area contributed by atoms with E-state index < -0.39 is 5.25 Å². The van der Waals surface area contributed by atoms with Gasteiger partial charge in [-0.15, -0.1) is 11.8 Å². The Morgan fingerprint density at radius 3 is 2.16 bits per heavy atom. The fourth-order valence-electron chi connectivity index (χ4n) is 3.96. The Labute approximate surface area is 233 Å². The van der Waals surface area contributed by atoms with Gasteiger partial charge in [0.2, 0.25) is 5.91 Å². The molecule has 0 heterocycles. The van der Waals surface area contributed by atoms with Crippen molar-refractivity contribution in [1.29, 1.82) is 0 Å². The van der Waals surface area contributed by atoms with E-state index in [0.717, 1.165) is 30.5 Å². The van der Waals surface area contributed by atoms with Crippen LogP contribution in [-0.4, -0.2) is 11.8 Å². The molecule has 4 nitrogen and oxygen atoms in total. The minimum atomic E-state index is -0.466. The molecule has 6 heteroatoms. The van der Waals surface area contributed by atoms with Crippen LogP contribution >= 0.6 is 34.4 Å². The maximum Gasteiger partial charge on any atom is 0.255 e. The molecule has 37 heavy (non-hydrogen) atoms. The number of benzene rings is 5. The zero-order valence-corrected chi connectivity index (χ0v) is 22.7. The van der Waals surface area contributed by atoms with Crippen LogP contribution in [0.15, 0.2) is 126 Å². The van der Waals surface area contributed by atoms with Crippen molar-refractivity contribution in [2.24, 2.45) is 0 Å². The van der Waals surface area contributed by atoms with E-state index in [1.54, 1.807) is 0 Å². The minimum Gasteiger partial charge on any atom is -0.325 e. The highest BCUT2D eigenvalue weighted by molar-refractivity contribution is 14.1. The summed E-state index contributed by atoms with van der Waals surface area (Å²) in [4.78, 5) is 27.2. The van der Waals surface area contributed by atoms with Gasteiger partial charge in [0.15, 0.2) is 0 Å². The molecular formula is C31H23IN2O2S. The van der Waals surface area contributed by atoms with E-state index in [1.807, 2.05) is 121 Å². The molecule has 0 bridgehead atoms. The largest absolute Gasteiger partial charge is 0.325 e. The van der Waals surface area contributed by atoms with E-state index in [-0.39, 0.29) is 11.8 Å². The minimum absolute atomic E-state index is 0.108. The zero-order chi connectivity index (χ0) is 25.6. The van der Waals surface area contributed by atoms with Crippen LogP contribution in [0.4, 0.5) is 11.4 Å². The molecule has 5 rings (SSSR count). The number of anilines is 2. The predicted octanol–water partition coefficient (Wildman–Crippen LogP) is 8.17. The Hall–Kier alpha value is -3.62. The van der Waals surface area contributed by atoms with Crippen molar-refractivity contribution in [3.8, 4) is 0 Å². The van der Waals surface area contributed by atoms with Crippen LogP contribution in [-0.2, 0) is 4.79 Å². The zero-order valence-electron chi connectivity index (χ0n) is 19.7. The van der Waals surface area contributed by atoms with Gasteiger partial charge in [-0.1, -0.05) is 66.7 Å². The second kappa shape index (κ2) is 11.6. The summed E-state index contributed by atoms with van der Waals surface area (Å²) in [6.45, 7) is 0. The van der Waals surface area contributed by atoms with Gasteiger partial charge in [0, 0.05) is 25.4 Å². The van der Waals surface area contributed by atoms with Crippen LogP contribution in [0.5, 0.6) is 0 Å². The number of hydrogen-bond acceptors (Lipinski definition) is 3. The number of halogens is 1. The average molecular weight is 615 g/mol. The number of rotatable bonds is 7. The Morgan fingerprint density at radius 2 is 1.38 bits per heavy atom. The highest BCUT2D eigenvalue weighted by atomic mass is 127. The van der Waals surface area contributed by atoms with Gasteiger partial charge in [-0.2, -0.15) is 0 Å². The molecule has 2 amide bonds. The molecule has 0 saturated carbocycles. The van der Waals surface area contributed by atoms with Crippen molar-refractivity contribution < 1.29 is 9.59 Å². The monoisotopic (exact) mass is 614 g/mol. The van der Waals surface area contributed by atoms with E-state index in [4.69, 9.17) is 0 Å². The molecular weight excluding hydrogens is 591 g/mol. The lowest BCUT2D eigenvalue weighted by Crippen LogP contribution is -2.19. The molecule has 0 fully saturated rings. The molecule has 0 spiro atoms. The highest BCUT2D eigenvalue weighted by Crippen LogP contribution is 2.37. The SMILES string of the molecule is O=C(Nc1cccc(SC(C(=O)Nc2ccc(I)cc2)c2ccccc2)c1)c1ccc2ccccc2c1. The summed E-state index contributed by atoms with van der Waals surface area (Å²) in [5.74, 6) is -0.285. The lowest BCUT2D eigenvalue weighted by molar-refractivity contribution is -0.115. The molecule has 5 aromatic carbocycles. The highest BCUT2D eigenvalue weighted by Gasteiger charge is 2.22. The van der Waals surface area contributed by atoms with Gasteiger partial charge in [0.05, 0.1) is 0 Å². The first-order chi connectivity index (χ1) is 18.0. The summed E-state index contributed by atoms with van der Waals surface area (Å²) < 4.78 is 1.10. The summed E-state index contributed by atoms with van der Waals surface area (Å²) >= 11 is 3.69. The third-order valence-corrected chi connectivity index (χ3v) is 7.78. The van der Waals surface area contributed by atoms with Crippen LogP contribution in [0, 0.1) is 3.57 Å². The van der Waals surface area contributed by atoms with Crippen LogP contribution in [0.25, 0.3) is 10.8 Å². The Balaban J connectivity index is 1.35. The van der Waals surface area contributed by atoms with Crippen LogP contribution in [0.3, 0.4) is 0 Å². The standard InChI is InChI=1S/C31H23IN2O2S/c32-25-15-17-26(18-16-25)33-31(36)29(22-8-2-1-3-9-22)37-28-12-6-11-27(20-28)34-30(35)24-14-13-21-7-4-5-10-23(21)19-24/h1-20,29H,(H,33,36)(H,34,35). The molecule has 2 N–H and O–H groups in total. The fourth-order valence-corrected chi connectivity index (χ4v) is 5.40. The summed E-state index contributed by atoms with van der Waals surface area (Å²) in [7, 11) is 0. The number of thioether (sulfide) groups is 1. The first-order valence-corrected chi connectivity index (χ1v) is 13.7. The van der Waals surface area contributed by atoms with E-state index in [1.165, 1.54) is 11.8 Å². The Morgan fingerprint density at radius 1 is 0.649 bits per heavy atom. The molecule has 0 radical (unpaired) electrons. The number of amides is 2. The fraction of sp³-hybridized carbons (Fsp3) is 0.0323. The molecule has 5 aromatic rings. The second-order valence-corrected chi connectivity index (χ2v) is 10.9. The maximum atomic E-state index is 13.4. The number of nitrogens with one attached hydrogen (secondary N) is 2. The van der Waals surface area contributed by atoms with E-state index >= 15 is 0 Å². The van der Waals surface area contributed by atoms with Gasteiger partial charge >= 0.3 is 0 Å². The summed E-state index contributed by atoms with van der Waals surface area (Å²) in [6.07, 6.45) is 0. The smallest absolute Gasteiger partial charge is 0.255 e. The van der Waals surface area contributed by atoms with Gasteiger partial charge < -0.3 is 10.6 Å². The topological polar surface area (TPSA) is 58.2 Å². The molecule has 0 aliphatic carbocycles. The maximum absolute atomic E-state index is 13.4. The summed E-state index contributed by atoms with van der Waals surface area (Å²) in [5.41, 5.74) is 2.92. The van der Waals surface area contributed by atoms with E-state index in [0.29, 0.717) is 11.3 Å². The first kappa shape index (κ1) is 25.0. The van der Waals surface area contributed by atoms with Crippen molar-refractivity contribution in [2.75, 3.05) is 10.6 Å². The lowest BCUT2D eigenvalue weighted by atomic mass is 10.1. The molecule has 1 unspecified atom stereocenters. The van der Waals surface area contributed by atoms with Gasteiger partial charge in [-0.05, 0) is 93.5 Å².